The molecule has 0 saturated heterocycles. The average Bonchev–Trinajstić information content (AvgIpc) is 3.64. The van der Waals surface area contributed by atoms with Crippen molar-refractivity contribution in [1.29, 1.82) is 5.26 Å². The zero-order valence-corrected chi connectivity index (χ0v) is 18.7. The number of aromatic nitrogens is 2. The van der Waals surface area contributed by atoms with E-state index in [1.165, 1.54) is 26.4 Å². The van der Waals surface area contributed by atoms with Gasteiger partial charge in [-0.3, -0.25) is 4.79 Å². The predicted octanol–water partition coefficient (Wildman–Crippen LogP) is 4.46. The number of nitriles is 1. The summed E-state index contributed by atoms with van der Waals surface area (Å²) in [5.74, 6) is -1.11. The second kappa shape index (κ2) is 9.50. The standard InChI is InChI=1S/C24H20F3N5O3/c1-34-20-7-13(3-4-15(20)10-28)16-11-29-23(30-12-16)32-18-6-5-14(8-21(18)35-2)22(33)31-19-9-17(19)24(25,26)27/h3-8,11-12,17,19H,9H2,1-2H3,(H,31,33)(H,29,30,32). The molecule has 1 heterocycles. The Bertz CT molecular complexity index is 1290. The molecular formula is C24H20F3N5O3. The number of benzene rings is 2. The predicted molar refractivity (Wildman–Crippen MR) is 120 cm³/mol. The first-order valence-corrected chi connectivity index (χ1v) is 10.5. The van der Waals surface area contributed by atoms with Crippen LogP contribution in [0.15, 0.2) is 48.8 Å². The summed E-state index contributed by atoms with van der Waals surface area (Å²) in [5.41, 5.74) is 2.53. The van der Waals surface area contributed by atoms with Crippen LogP contribution in [0.2, 0.25) is 0 Å². The van der Waals surface area contributed by atoms with Crippen LogP contribution in [0.3, 0.4) is 0 Å². The van der Waals surface area contributed by atoms with Crippen LogP contribution in [0, 0.1) is 17.2 Å². The molecule has 1 fully saturated rings. The number of hydrogen-bond acceptors (Lipinski definition) is 7. The van der Waals surface area contributed by atoms with Gasteiger partial charge in [-0.15, -0.1) is 0 Å². The first-order valence-electron chi connectivity index (χ1n) is 10.5. The summed E-state index contributed by atoms with van der Waals surface area (Å²) >= 11 is 0. The molecule has 4 rings (SSSR count). The largest absolute Gasteiger partial charge is 0.495 e. The van der Waals surface area contributed by atoms with Gasteiger partial charge >= 0.3 is 6.18 Å². The van der Waals surface area contributed by atoms with Crippen molar-refractivity contribution in [3.05, 3.63) is 59.9 Å². The molecule has 1 aromatic heterocycles. The Morgan fingerprint density at radius 1 is 1.06 bits per heavy atom. The second-order valence-electron chi connectivity index (χ2n) is 7.83. The van der Waals surface area contributed by atoms with Gasteiger partial charge < -0.3 is 20.1 Å². The van der Waals surface area contributed by atoms with E-state index in [0.717, 1.165) is 5.56 Å². The van der Waals surface area contributed by atoms with Crippen LogP contribution in [0.4, 0.5) is 24.8 Å². The summed E-state index contributed by atoms with van der Waals surface area (Å²) in [5, 5.41) is 14.5. The fraction of sp³-hybridized carbons (Fsp3) is 0.250. The van der Waals surface area contributed by atoms with E-state index in [-0.39, 0.29) is 17.9 Å². The van der Waals surface area contributed by atoms with Crippen molar-refractivity contribution >= 4 is 17.5 Å². The maximum atomic E-state index is 12.7. The highest BCUT2D eigenvalue weighted by Gasteiger charge is 2.56. The first-order chi connectivity index (χ1) is 16.7. The number of carbonyl (C=O) groups excluding carboxylic acids is 1. The Kier molecular flexibility index (Phi) is 6.46. The molecule has 3 aromatic rings. The van der Waals surface area contributed by atoms with E-state index >= 15 is 0 Å². The third kappa shape index (κ3) is 5.27. The van der Waals surface area contributed by atoms with Crippen LogP contribution in [-0.2, 0) is 0 Å². The van der Waals surface area contributed by atoms with Crippen LogP contribution in [-0.4, -0.2) is 42.3 Å². The summed E-state index contributed by atoms with van der Waals surface area (Å²) in [6.07, 6.45) is -1.24. The topological polar surface area (TPSA) is 109 Å². The number of hydrogen-bond donors (Lipinski definition) is 2. The number of ether oxygens (including phenoxy) is 2. The van der Waals surface area contributed by atoms with E-state index in [1.54, 1.807) is 36.7 Å². The van der Waals surface area contributed by atoms with Crippen LogP contribution >= 0.6 is 0 Å². The van der Waals surface area contributed by atoms with Gasteiger partial charge in [-0.05, 0) is 42.3 Å². The van der Waals surface area contributed by atoms with Gasteiger partial charge in [0.2, 0.25) is 5.95 Å². The third-order valence-corrected chi connectivity index (χ3v) is 5.54. The van der Waals surface area contributed by atoms with Crippen molar-refractivity contribution in [2.45, 2.75) is 18.6 Å². The zero-order valence-electron chi connectivity index (χ0n) is 18.7. The minimum Gasteiger partial charge on any atom is -0.495 e. The first kappa shape index (κ1) is 23.8. The molecule has 1 aliphatic carbocycles. The van der Waals surface area contributed by atoms with Gasteiger partial charge in [0.05, 0.1) is 31.4 Å². The van der Waals surface area contributed by atoms with Crippen molar-refractivity contribution in [2.24, 2.45) is 5.92 Å². The number of methoxy groups -OCH3 is 2. The summed E-state index contributed by atoms with van der Waals surface area (Å²) in [6, 6.07) is 10.7. The van der Waals surface area contributed by atoms with E-state index < -0.39 is 24.0 Å². The molecule has 0 bridgehead atoms. The van der Waals surface area contributed by atoms with Crippen molar-refractivity contribution in [2.75, 3.05) is 19.5 Å². The van der Waals surface area contributed by atoms with Crippen LogP contribution in [0.5, 0.6) is 11.5 Å². The van der Waals surface area contributed by atoms with Crippen molar-refractivity contribution in [1.82, 2.24) is 15.3 Å². The Labute approximate surface area is 198 Å². The lowest BCUT2D eigenvalue weighted by Gasteiger charge is -2.13. The van der Waals surface area contributed by atoms with E-state index in [4.69, 9.17) is 14.7 Å². The highest BCUT2D eigenvalue weighted by atomic mass is 19.4. The SMILES string of the molecule is COc1cc(-c2cnc(Nc3ccc(C(=O)NC4CC4C(F)(F)F)cc3OC)nc2)ccc1C#N. The molecular weight excluding hydrogens is 463 g/mol. The summed E-state index contributed by atoms with van der Waals surface area (Å²) in [7, 11) is 2.89. The van der Waals surface area contributed by atoms with Crippen molar-refractivity contribution < 1.29 is 27.4 Å². The van der Waals surface area contributed by atoms with Crippen molar-refractivity contribution in [3.8, 4) is 28.7 Å². The smallest absolute Gasteiger partial charge is 0.393 e. The molecule has 8 nitrogen and oxygen atoms in total. The maximum absolute atomic E-state index is 12.7. The van der Waals surface area contributed by atoms with Crippen LogP contribution in [0.25, 0.3) is 11.1 Å². The Morgan fingerprint density at radius 2 is 1.77 bits per heavy atom. The number of amides is 1. The lowest BCUT2D eigenvalue weighted by molar-refractivity contribution is -0.148. The van der Waals surface area contributed by atoms with E-state index in [2.05, 4.69) is 26.7 Å². The summed E-state index contributed by atoms with van der Waals surface area (Å²) in [4.78, 5) is 20.9. The molecule has 35 heavy (non-hydrogen) atoms. The normalized spacial score (nSPS) is 16.7. The number of carbonyl (C=O) groups is 1. The molecule has 1 saturated carbocycles. The van der Waals surface area contributed by atoms with E-state index in [9.17, 15) is 18.0 Å². The van der Waals surface area contributed by atoms with Gasteiger partial charge in [0.15, 0.2) is 0 Å². The molecule has 11 heteroatoms. The number of nitrogens with zero attached hydrogens (tertiary/aromatic N) is 3. The van der Waals surface area contributed by atoms with Crippen LogP contribution in [0.1, 0.15) is 22.3 Å². The summed E-state index contributed by atoms with van der Waals surface area (Å²) < 4.78 is 48.7. The van der Waals surface area contributed by atoms with Gasteiger partial charge in [0.1, 0.15) is 17.6 Å². The van der Waals surface area contributed by atoms with Gasteiger partial charge in [0.25, 0.3) is 5.91 Å². The minimum atomic E-state index is -4.31. The fourth-order valence-corrected chi connectivity index (χ4v) is 3.53. The van der Waals surface area contributed by atoms with Gasteiger partial charge in [-0.25, -0.2) is 9.97 Å². The van der Waals surface area contributed by atoms with E-state index in [1.807, 2.05) is 0 Å². The van der Waals surface area contributed by atoms with Gasteiger partial charge in [-0.1, -0.05) is 6.07 Å². The molecule has 2 N–H and O–H groups in total. The molecule has 0 aliphatic heterocycles. The molecule has 2 atom stereocenters. The van der Waals surface area contributed by atoms with Crippen LogP contribution < -0.4 is 20.1 Å². The minimum absolute atomic E-state index is 0.116. The number of rotatable bonds is 7. The Morgan fingerprint density at radius 3 is 2.37 bits per heavy atom. The third-order valence-electron chi connectivity index (χ3n) is 5.54. The molecule has 180 valence electrons. The average molecular weight is 483 g/mol. The molecule has 2 unspecified atom stereocenters. The molecule has 1 aliphatic rings. The maximum Gasteiger partial charge on any atom is 0.393 e. The lowest BCUT2D eigenvalue weighted by atomic mass is 10.1. The van der Waals surface area contributed by atoms with Gasteiger partial charge in [0, 0.05) is 29.6 Å². The molecule has 2 aromatic carbocycles. The number of halogens is 3. The number of alkyl halides is 3. The molecule has 0 spiro atoms. The second-order valence-corrected chi connectivity index (χ2v) is 7.83. The zero-order chi connectivity index (χ0) is 25.2. The Balaban J connectivity index is 1.46. The van der Waals surface area contributed by atoms with E-state index in [0.29, 0.717) is 28.3 Å². The van der Waals surface area contributed by atoms with Gasteiger partial charge in [-0.2, -0.15) is 18.4 Å². The monoisotopic (exact) mass is 483 g/mol. The van der Waals surface area contributed by atoms with Crippen molar-refractivity contribution in [3.63, 3.8) is 0 Å². The quantitative estimate of drug-likeness (QED) is 0.511. The number of nitrogens with one attached hydrogen (secondary N) is 2. The number of anilines is 2. The molecule has 1 amide bonds. The lowest BCUT2D eigenvalue weighted by Crippen LogP contribution is -2.29. The highest BCUT2D eigenvalue weighted by molar-refractivity contribution is 5.95. The highest BCUT2D eigenvalue weighted by Crippen LogP contribution is 2.44. The Hall–Kier alpha value is -4.33. The molecule has 0 radical (unpaired) electrons. The fourth-order valence-electron chi connectivity index (χ4n) is 3.53. The summed E-state index contributed by atoms with van der Waals surface area (Å²) in [6.45, 7) is 0.